The molecule has 1 aromatic heterocycles. The number of pyridine rings is 1. The van der Waals surface area contributed by atoms with Crippen molar-refractivity contribution in [3.8, 4) is 11.1 Å². The van der Waals surface area contributed by atoms with E-state index in [1.807, 2.05) is 6.92 Å². The maximum absolute atomic E-state index is 13.2. The second-order valence-electron chi connectivity index (χ2n) is 5.89. The zero-order valence-electron chi connectivity index (χ0n) is 14.3. The van der Waals surface area contributed by atoms with Crippen LogP contribution in [0.1, 0.15) is 29.3 Å². The van der Waals surface area contributed by atoms with Gasteiger partial charge in [-0.15, -0.1) is 0 Å². The molecule has 0 unspecified atom stereocenters. The van der Waals surface area contributed by atoms with Gasteiger partial charge in [-0.2, -0.15) is 0 Å². The van der Waals surface area contributed by atoms with Crippen molar-refractivity contribution < 1.29 is 13.6 Å². The monoisotopic (exact) mass is 352 g/mol. The van der Waals surface area contributed by atoms with Gasteiger partial charge in [-0.3, -0.25) is 4.79 Å². The summed E-state index contributed by atoms with van der Waals surface area (Å²) in [6.07, 6.45) is 2.53. The fraction of sp³-hybridized carbons (Fsp3) is 0.143. The molecule has 3 nitrogen and oxygen atoms in total. The third-order valence-electron chi connectivity index (χ3n) is 3.96. The molecule has 0 fully saturated rings. The lowest BCUT2D eigenvalue weighted by Crippen LogP contribution is -2.11. The summed E-state index contributed by atoms with van der Waals surface area (Å²) in [6.45, 7) is 2.69. The number of nitrogens with one attached hydrogen (secondary N) is 1. The largest absolute Gasteiger partial charge is 0.369 e. The van der Waals surface area contributed by atoms with Gasteiger partial charge in [0.15, 0.2) is 5.78 Å². The second-order valence-corrected chi connectivity index (χ2v) is 5.89. The molecule has 0 amide bonds. The van der Waals surface area contributed by atoms with Crippen molar-refractivity contribution in [2.75, 3.05) is 11.9 Å². The molecule has 0 bridgehead atoms. The van der Waals surface area contributed by atoms with Gasteiger partial charge in [-0.1, -0.05) is 19.1 Å². The predicted molar refractivity (Wildman–Crippen MR) is 98.2 cm³/mol. The number of carbonyl (C=O) groups excluding carboxylic acids is 1. The van der Waals surface area contributed by atoms with E-state index in [4.69, 9.17) is 0 Å². The second kappa shape index (κ2) is 7.87. The van der Waals surface area contributed by atoms with E-state index >= 15 is 0 Å². The minimum absolute atomic E-state index is 0.250. The van der Waals surface area contributed by atoms with Crippen LogP contribution in [0.4, 0.5) is 14.6 Å². The van der Waals surface area contributed by atoms with Gasteiger partial charge in [-0.05, 0) is 54.4 Å². The fourth-order valence-electron chi connectivity index (χ4n) is 2.58. The lowest BCUT2D eigenvalue weighted by atomic mass is 9.99. The van der Waals surface area contributed by atoms with Crippen molar-refractivity contribution in [1.82, 2.24) is 4.98 Å². The summed E-state index contributed by atoms with van der Waals surface area (Å²) in [5.74, 6) is -0.498. The molecule has 2 aromatic carbocycles. The zero-order chi connectivity index (χ0) is 18.5. The van der Waals surface area contributed by atoms with Crippen molar-refractivity contribution in [2.24, 2.45) is 0 Å². The van der Waals surface area contributed by atoms with E-state index in [0.29, 0.717) is 29.1 Å². The van der Waals surface area contributed by atoms with Crippen LogP contribution in [0.25, 0.3) is 11.1 Å². The molecule has 3 aromatic rings. The molecule has 0 aliphatic carbocycles. The molecule has 5 heteroatoms. The summed E-state index contributed by atoms with van der Waals surface area (Å²) in [7, 11) is 0. The molecular formula is C21H18F2N2O. The lowest BCUT2D eigenvalue weighted by Gasteiger charge is -2.12. The highest BCUT2D eigenvalue weighted by Crippen LogP contribution is 2.25. The zero-order valence-corrected chi connectivity index (χ0v) is 14.3. The molecular weight excluding hydrogens is 334 g/mol. The SMILES string of the molecule is CCCNc1ncc(-c2ccc(F)cc2)cc1C(=O)c1ccc(F)cc1. The smallest absolute Gasteiger partial charge is 0.196 e. The highest BCUT2D eigenvalue weighted by Gasteiger charge is 2.16. The van der Waals surface area contributed by atoms with Gasteiger partial charge >= 0.3 is 0 Å². The van der Waals surface area contributed by atoms with Crippen LogP contribution in [0, 0.1) is 11.6 Å². The molecule has 0 spiro atoms. The van der Waals surface area contributed by atoms with E-state index in [1.165, 1.54) is 36.4 Å². The molecule has 1 heterocycles. The quantitative estimate of drug-likeness (QED) is 0.629. The van der Waals surface area contributed by atoms with Crippen molar-refractivity contribution in [1.29, 1.82) is 0 Å². The number of hydrogen-bond acceptors (Lipinski definition) is 3. The standard InChI is InChI=1S/C21H18F2N2O/c1-2-11-24-21-19(20(26)15-5-9-18(23)10-6-15)12-16(13-25-21)14-3-7-17(22)8-4-14/h3-10,12-13H,2,11H2,1H3,(H,24,25). The highest BCUT2D eigenvalue weighted by atomic mass is 19.1. The summed E-state index contributed by atoms with van der Waals surface area (Å²) in [6, 6.07) is 13.1. The van der Waals surface area contributed by atoms with Gasteiger partial charge < -0.3 is 5.32 Å². The van der Waals surface area contributed by atoms with E-state index < -0.39 is 5.82 Å². The van der Waals surface area contributed by atoms with Gasteiger partial charge in [0.2, 0.25) is 0 Å². The van der Waals surface area contributed by atoms with Gasteiger partial charge in [0, 0.05) is 23.9 Å². The van der Waals surface area contributed by atoms with Crippen LogP contribution < -0.4 is 5.32 Å². The summed E-state index contributed by atoms with van der Waals surface area (Å²) >= 11 is 0. The van der Waals surface area contributed by atoms with Crippen molar-refractivity contribution in [3.05, 3.63) is 83.6 Å². The Balaban J connectivity index is 2.03. The number of halogens is 2. The van der Waals surface area contributed by atoms with E-state index in [-0.39, 0.29) is 11.6 Å². The topological polar surface area (TPSA) is 42.0 Å². The molecule has 0 aliphatic rings. The van der Waals surface area contributed by atoms with Gasteiger partial charge in [0.05, 0.1) is 5.56 Å². The number of hydrogen-bond donors (Lipinski definition) is 1. The summed E-state index contributed by atoms with van der Waals surface area (Å²) < 4.78 is 26.3. The Hall–Kier alpha value is -3.08. The lowest BCUT2D eigenvalue weighted by molar-refractivity contribution is 0.103. The Kier molecular flexibility index (Phi) is 5.37. The molecule has 0 atom stereocenters. The number of carbonyl (C=O) groups is 1. The fourth-order valence-corrected chi connectivity index (χ4v) is 2.58. The molecule has 1 N–H and O–H groups in total. The first kappa shape index (κ1) is 17.7. The van der Waals surface area contributed by atoms with Crippen LogP contribution in [0.2, 0.25) is 0 Å². The third kappa shape index (κ3) is 3.94. The minimum Gasteiger partial charge on any atom is -0.369 e. The first-order chi connectivity index (χ1) is 12.6. The van der Waals surface area contributed by atoms with E-state index in [0.717, 1.165) is 12.0 Å². The minimum atomic E-state index is -0.399. The Morgan fingerprint density at radius 3 is 2.19 bits per heavy atom. The van der Waals surface area contributed by atoms with E-state index in [1.54, 1.807) is 24.4 Å². The number of ketones is 1. The van der Waals surface area contributed by atoms with Gasteiger partial charge in [0.1, 0.15) is 17.5 Å². The summed E-state index contributed by atoms with van der Waals surface area (Å²) in [4.78, 5) is 17.3. The predicted octanol–water partition coefficient (Wildman–Crippen LogP) is 5.08. The van der Waals surface area contributed by atoms with Crippen LogP contribution in [-0.4, -0.2) is 17.3 Å². The van der Waals surface area contributed by atoms with Crippen molar-refractivity contribution >= 4 is 11.6 Å². The van der Waals surface area contributed by atoms with Crippen LogP contribution in [-0.2, 0) is 0 Å². The molecule has 0 radical (unpaired) electrons. The summed E-state index contributed by atoms with van der Waals surface area (Å²) in [5.41, 5.74) is 2.24. The van der Waals surface area contributed by atoms with Crippen molar-refractivity contribution in [2.45, 2.75) is 13.3 Å². The van der Waals surface area contributed by atoms with Crippen molar-refractivity contribution in [3.63, 3.8) is 0 Å². The van der Waals surface area contributed by atoms with Crippen LogP contribution in [0.15, 0.2) is 60.8 Å². The maximum atomic E-state index is 13.2. The Morgan fingerprint density at radius 2 is 1.58 bits per heavy atom. The van der Waals surface area contributed by atoms with Crippen LogP contribution >= 0.6 is 0 Å². The average Bonchev–Trinajstić information content (AvgIpc) is 2.67. The molecule has 26 heavy (non-hydrogen) atoms. The summed E-state index contributed by atoms with van der Waals surface area (Å²) in [5, 5.41) is 3.15. The Morgan fingerprint density at radius 1 is 0.962 bits per heavy atom. The Labute approximate surface area is 150 Å². The molecule has 0 saturated heterocycles. The van der Waals surface area contributed by atoms with Gasteiger partial charge in [-0.25, -0.2) is 13.8 Å². The normalized spacial score (nSPS) is 10.6. The maximum Gasteiger partial charge on any atom is 0.196 e. The highest BCUT2D eigenvalue weighted by molar-refractivity contribution is 6.12. The molecule has 3 rings (SSSR count). The number of benzene rings is 2. The molecule has 0 saturated carbocycles. The van der Waals surface area contributed by atoms with E-state index in [2.05, 4.69) is 10.3 Å². The third-order valence-corrected chi connectivity index (χ3v) is 3.96. The number of nitrogens with zero attached hydrogens (tertiary/aromatic N) is 1. The molecule has 132 valence electrons. The number of rotatable bonds is 6. The first-order valence-corrected chi connectivity index (χ1v) is 8.38. The first-order valence-electron chi connectivity index (χ1n) is 8.38. The molecule has 0 aliphatic heterocycles. The average molecular weight is 352 g/mol. The number of anilines is 1. The van der Waals surface area contributed by atoms with Gasteiger partial charge in [0.25, 0.3) is 0 Å². The number of aromatic nitrogens is 1. The van der Waals surface area contributed by atoms with Crippen LogP contribution in [0.3, 0.4) is 0 Å². The Bertz CT molecular complexity index is 906. The van der Waals surface area contributed by atoms with Crippen LogP contribution in [0.5, 0.6) is 0 Å². The van der Waals surface area contributed by atoms with E-state index in [9.17, 15) is 13.6 Å².